The Labute approximate surface area is 112 Å². The molecular formula is C11H22N2O4S. The van der Waals surface area contributed by atoms with Gasteiger partial charge in [-0.3, -0.25) is 0 Å². The lowest BCUT2D eigenvalue weighted by Crippen LogP contribution is -2.47. The Morgan fingerprint density at radius 2 is 2.00 bits per heavy atom. The lowest BCUT2D eigenvalue weighted by molar-refractivity contribution is -0.139. The maximum absolute atomic E-state index is 11.7. The van der Waals surface area contributed by atoms with Crippen LogP contribution in [0.4, 0.5) is 4.79 Å². The Hall–Kier alpha value is -0.950. The maximum atomic E-state index is 11.7. The molecule has 0 rings (SSSR count). The van der Waals surface area contributed by atoms with E-state index in [4.69, 9.17) is 10.2 Å². The van der Waals surface area contributed by atoms with Crippen LogP contribution in [0.3, 0.4) is 0 Å². The number of aliphatic carboxylic acids is 1. The third-order valence-electron chi connectivity index (χ3n) is 2.44. The van der Waals surface area contributed by atoms with Crippen molar-refractivity contribution in [1.82, 2.24) is 10.2 Å². The van der Waals surface area contributed by atoms with Gasteiger partial charge in [-0.05, 0) is 31.8 Å². The zero-order valence-electron chi connectivity index (χ0n) is 11.0. The molecule has 7 heteroatoms. The van der Waals surface area contributed by atoms with Crippen LogP contribution in [0, 0.1) is 0 Å². The molecule has 0 bridgehead atoms. The van der Waals surface area contributed by atoms with Crippen molar-refractivity contribution in [3.8, 4) is 0 Å². The van der Waals surface area contributed by atoms with E-state index in [1.165, 1.54) is 16.7 Å². The molecule has 0 aromatic carbocycles. The Balaban J connectivity index is 4.18. The van der Waals surface area contributed by atoms with Gasteiger partial charge in [0.05, 0.1) is 6.10 Å². The first-order chi connectivity index (χ1) is 8.38. The van der Waals surface area contributed by atoms with Crippen molar-refractivity contribution in [2.24, 2.45) is 0 Å². The molecule has 0 aliphatic rings. The normalized spacial score (nSPS) is 13.8. The van der Waals surface area contributed by atoms with E-state index in [1.54, 1.807) is 14.0 Å². The van der Waals surface area contributed by atoms with E-state index in [-0.39, 0.29) is 0 Å². The van der Waals surface area contributed by atoms with Crippen LogP contribution in [0.5, 0.6) is 0 Å². The van der Waals surface area contributed by atoms with Crippen molar-refractivity contribution >= 4 is 23.8 Å². The fraction of sp³-hybridized carbons (Fsp3) is 0.818. The molecular weight excluding hydrogens is 256 g/mol. The number of aliphatic hydroxyl groups excluding tert-OH is 1. The fourth-order valence-electron chi connectivity index (χ4n) is 1.23. The monoisotopic (exact) mass is 278 g/mol. The van der Waals surface area contributed by atoms with Crippen molar-refractivity contribution in [2.45, 2.75) is 31.9 Å². The number of aliphatic hydroxyl groups is 1. The molecule has 0 aliphatic heterocycles. The average molecular weight is 278 g/mol. The van der Waals surface area contributed by atoms with E-state index in [2.05, 4.69) is 5.32 Å². The number of hydrogen-bond acceptors (Lipinski definition) is 4. The highest BCUT2D eigenvalue weighted by molar-refractivity contribution is 7.98. The summed E-state index contributed by atoms with van der Waals surface area (Å²) in [6.07, 6.45) is 2.26. The van der Waals surface area contributed by atoms with Gasteiger partial charge in [-0.15, -0.1) is 0 Å². The second-order valence-electron chi connectivity index (χ2n) is 4.18. The van der Waals surface area contributed by atoms with Crippen molar-refractivity contribution < 1.29 is 19.8 Å². The largest absolute Gasteiger partial charge is 0.480 e. The number of nitrogens with zero attached hydrogens (tertiary/aromatic N) is 1. The summed E-state index contributed by atoms with van der Waals surface area (Å²) in [5.41, 5.74) is 0. The molecule has 0 aromatic heterocycles. The number of rotatable bonds is 8. The number of carbonyl (C=O) groups is 2. The summed E-state index contributed by atoms with van der Waals surface area (Å²) >= 11 is 1.54. The number of nitrogens with one attached hydrogen (secondary N) is 1. The SMILES string of the molecule is CSCC[C@@H](NC(=O)N(C)CCC(C)O)C(=O)O. The van der Waals surface area contributed by atoms with E-state index >= 15 is 0 Å². The van der Waals surface area contributed by atoms with Crippen molar-refractivity contribution in [3.63, 3.8) is 0 Å². The smallest absolute Gasteiger partial charge is 0.326 e. The molecule has 0 radical (unpaired) electrons. The highest BCUT2D eigenvalue weighted by atomic mass is 32.2. The van der Waals surface area contributed by atoms with E-state index < -0.39 is 24.1 Å². The molecule has 0 fully saturated rings. The minimum absolute atomic E-state index is 0.387. The molecule has 18 heavy (non-hydrogen) atoms. The molecule has 106 valence electrons. The topological polar surface area (TPSA) is 89.9 Å². The molecule has 0 aromatic rings. The molecule has 0 saturated heterocycles. The van der Waals surface area contributed by atoms with Crippen LogP contribution in [-0.2, 0) is 4.79 Å². The number of amides is 2. The van der Waals surface area contributed by atoms with E-state index in [9.17, 15) is 9.59 Å². The van der Waals surface area contributed by atoms with Gasteiger partial charge in [0.2, 0.25) is 0 Å². The van der Waals surface area contributed by atoms with E-state index in [0.717, 1.165) is 0 Å². The molecule has 0 aliphatic carbocycles. The van der Waals surface area contributed by atoms with Crippen LogP contribution in [0.15, 0.2) is 0 Å². The molecule has 0 saturated carbocycles. The molecule has 0 spiro atoms. The summed E-state index contributed by atoms with van der Waals surface area (Å²) in [4.78, 5) is 24.0. The Bertz CT molecular complexity index is 274. The Morgan fingerprint density at radius 1 is 1.39 bits per heavy atom. The summed E-state index contributed by atoms with van der Waals surface area (Å²) in [6.45, 7) is 2.03. The van der Waals surface area contributed by atoms with Crippen molar-refractivity contribution in [3.05, 3.63) is 0 Å². The Kier molecular flexibility index (Phi) is 8.57. The first-order valence-corrected chi connectivity index (χ1v) is 7.19. The third kappa shape index (κ3) is 7.39. The van der Waals surface area contributed by atoms with E-state index in [0.29, 0.717) is 25.1 Å². The minimum Gasteiger partial charge on any atom is -0.480 e. The molecule has 2 atom stereocenters. The quantitative estimate of drug-likeness (QED) is 0.605. The van der Waals surface area contributed by atoms with Gasteiger partial charge in [-0.25, -0.2) is 9.59 Å². The lowest BCUT2D eigenvalue weighted by atomic mass is 10.2. The van der Waals surface area contributed by atoms with Crippen LogP contribution in [0.25, 0.3) is 0 Å². The number of thioether (sulfide) groups is 1. The first-order valence-electron chi connectivity index (χ1n) is 5.80. The van der Waals surface area contributed by atoms with Crippen LogP contribution in [-0.4, -0.2) is 64.9 Å². The predicted molar refractivity (Wildman–Crippen MR) is 71.9 cm³/mol. The Morgan fingerprint density at radius 3 is 2.44 bits per heavy atom. The highest BCUT2D eigenvalue weighted by Gasteiger charge is 2.21. The average Bonchev–Trinajstić information content (AvgIpc) is 2.30. The van der Waals surface area contributed by atoms with E-state index in [1.807, 2.05) is 6.26 Å². The molecule has 0 heterocycles. The lowest BCUT2D eigenvalue weighted by Gasteiger charge is -2.21. The fourth-order valence-corrected chi connectivity index (χ4v) is 1.71. The highest BCUT2D eigenvalue weighted by Crippen LogP contribution is 2.02. The van der Waals surface area contributed by atoms with Gasteiger partial charge in [0.15, 0.2) is 0 Å². The van der Waals surface area contributed by atoms with Gasteiger partial charge < -0.3 is 20.4 Å². The number of carbonyl (C=O) groups excluding carboxylic acids is 1. The first kappa shape index (κ1) is 17.1. The van der Waals surface area contributed by atoms with Gasteiger partial charge in [0.25, 0.3) is 0 Å². The summed E-state index contributed by atoms with van der Waals surface area (Å²) in [5, 5.41) is 20.5. The van der Waals surface area contributed by atoms with Gasteiger partial charge in [-0.1, -0.05) is 0 Å². The van der Waals surface area contributed by atoms with Gasteiger partial charge in [-0.2, -0.15) is 11.8 Å². The van der Waals surface area contributed by atoms with Gasteiger partial charge >= 0.3 is 12.0 Å². The third-order valence-corrected chi connectivity index (χ3v) is 3.08. The molecule has 2 amide bonds. The number of carboxylic acids is 1. The summed E-state index contributed by atoms with van der Waals surface area (Å²) in [5.74, 6) is -0.351. The van der Waals surface area contributed by atoms with Crippen LogP contribution < -0.4 is 5.32 Å². The predicted octanol–water partition coefficient (Wildman–Crippen LogP) is 0.605. The second-order valence-corrected chi connectivity index (χ2v) is 5.17. The number of hydrogen-bond donors (Lipinski definition) is 3. The second kappa shape index (κ2) is 9.04. The number of carboxylic acid groups (broad SMARTS) is 1. The van der Waals surface area contributed by atoms with Crippen LogP contribution in [0.2, 0.25) is 0 Å². The summed E-state index contributed by atoms with van der Waals surface area (Å²) in [7, 11) is 1.57. The van der Waals surface area contributed by atoms with Gasteiger partial charge in [0, 0.05) is 13.6 Å². The standard InChI is InChI=1S/C11H22N2O4S/c1-8(14)4-6-13(2)11(17)12-9(10(15)16)5-7-18-3/h8-9,14H,4-7H2,1-3H3,(H,12,17)(H,15,16)/t8?,9-/m1/s1. The molecule has 6 nitrogen and oxygen atoms in total. The molecule has 1 unspecified atom stereocenters. The van der Waals surface area contributed by atoms with Crippen LogP contribution >= 0.6 is 11.8 Å². The zero-order chi connectivity index (χ0) is 14.1. The summed E-state index contributed by atoms with van der Waals surface area (Å²) in [6, 6.07) is -1.29. The maximum Gasteiger partial charge on any atom is 0.326 e. The molecule has 3 N–H and O–H groups in total. The van der Waals surface area contributed by atoms with Gasteiger partial charge in [0.1, 0.15) is 6.04 Å². The van der Waals surface area contributed by atoms with Crippen molar-refractivity contribution in [1.29, 1.82) is 0 Å². The summed E-state index contributed by atoms with van der Waals surface area (Å²) < 4.78 is 0. The van der Waals surface area contributed by atoms with Crippen LogP contribution in [0.1, 0.15) is 19.8 Å². The van der Waals surface area contributed by atoms with Crippen molar-refractivity contribution in [2.75, 3.05) is 25.6 Å². The minimum atomic E-state index is -1.03. The zero-order valence-corrected chi connectivity index (χ0v) is 11.9. The number of urea groups is 1.